The molecule has 1 aromatic heterocycles. The first kappa shape index (κ1) is 19.5. The largest absolute Gasteiger partial charge is 0.416 e. The highest BCUT2D eigenvalue weighted by atomic mass is 19.4. The predicted octanol–water partition coefficient (Wildman–Crippen LogP) is 3.78. The van der Waals surface area contributed by atoms with Crippen molar-refractivity contribution in [2.75, 3.05) is 5.06 Å². The lowest BCUT2D eigenvalue weighted by Gasteiger charge is -2.28. The van der Waals surface area contributed by atoms with Crippen molar-refractivity contribution in [2.24, 2.45) is 0 Å². The molecule has 0 saturated carbocycles. The molecule has 0 bridgehead atoms. The maximum atomic E-state index is 13.0. The third-order valence-electron chi connectivity index (χ3n) is 4.08. The molecule has 28 heavy (non-hydrogen) atoms. The van der Waals surface area contributed by atoms with Crippen molar-refractivity contribution in [1.29, 1.82) is 0 Å². The Morgan fingerprint density at radius 2 is 2.07 bits per heavy atom. The minimum atomic E-state index is -4.47. The first-order chi connectivity index (χ1) is 13.3. The molecule has 0 spiro atoms. The maximum Gasteiger partial charge on any atom is 0.416 e. The third-order valence-corrected chi connectivity index (χ3v) is 4.08. The fourth-order valence-corrected chi connectivity index (χ4v) is 2.59. The van der Waals surface area contributed by atoms with E-state index < -0.39 is 17.6 Å². The fourth-order valence-electron chi connectivity index (χ4n) is 2.59. The van der Waals surface area contributed by atoms with Gasteiger partial charge in [0.25, 0.3) is 5.91 Å². The van der Waals surface area contributed by atoms with Gasteiger partial charge >= 0.3 is 6.18 Å². The normalized spacial score (nSPS) is 14.2. The zero-order valence-electron chi connectivity index (χ0n) is 15.3. The minimum absolute atomic E-state index is 0.0223. The van der Waals surface area contributed by atoms with E-state index in [2.05, 4.69) is 10.4 Å². The maximum absolute atomic E-state index is 13.0. The van der Waals surface area contributed by atoms with Gasteiger partial charge in [-0.1, -0.05) is 6.07 Å². The van der Waals surface area contributed by atoms with Crippen molar-refractivity contribution in [3.05, 3.63) is 71.4 Å². The summed E-state index contributed by atoms with van der Waals surface area (Å²) in [6, 6.07) is 4.72. The van der Waals surface area contributed by atoms with E-state index in [4.69, 9.17) is 4.84 Å². The topological polar surface area (TPSA) is 59.4 Å². The molecular formula is C19H19F3N4O2. The van der Waals surface area contributed by atoms with E-state index in [0.29, 0.717) is 5.70 Å². The van der Waals surface area contributed by atoms with E-state index in [1.54, 1.807) is 23.9 Å². The van der Waals surface area contributed by atoms with Gasteiger partial charge in [0.1, 0.15) is 0 Å². The van der Waals surface area contributed by atoms with Crippen LogP contribution in [0, 0.1) is 0 Å². The molecule has 1 aromatic carbocycles. The van der Waals surface area contributed by atoms with Gasteiger partial charge in [-0.25, -0.2) is 0 Å². The molecule has 0 saturated heterocycles. The number of alkyl halides is 3. The molecular weight excluding hydrogens is 373 g/mol. The number of nitrogens with zero attached hydrogens (tertiary/aromatic N) is 3. The Morgan fingerprint density at radius 3 is 2.75 bits per heavy atom. The van der Waals surface area contributed by atoms with Crippen LogP contribution < -0.4 is 10.4 Å². The van der Waals surface area contributed by atoms with E-state index in [9.17, 15) is 18.0 Å². The van der Waals surface area contributed by atoms with E-state index in [-0.39, 0.29) is 18.0 Å². The van der Waals surface area contributed by atoms with Crippen LogP contribution in [0.3, 0.4) is 0 Å². The number of allylic oxidation sites excluding steroid dienone is 3. The van der Waals surface area contributed by atoms with Gasteiger partial charge in [-0.2, -0.15) is 23.3 Å². The number of carbonyl (C=O) groups is 1. The first-order valence-corrected chi connectivity index (χ1v) is 8.61. The van der Waals surface area contributed by atoms with Gasteiger partial charge in [0.05, 0.1) is 23.1 Å². The summed E-state index contributed by atoms with van der Waals surface area (Å²) in [5.41, 5.74) is 0.745. The highest BCUT2D eigenvalue weighted by molar-refractivity contribution is 5.92. The summed E-state index contributed by atoms with van der Waals surface area (Å²) in [5, 5.41) is 8.03. The Hall–Kier alpha value is -3.23. The molecule has 1 aliphatic heterocycles. The standard InChI is InChI=1S/C19H19F3N4O2/c1-3-25-12-14(11-24-25)10-23-18(27)17-8-7-13(2)26(28-17)16-6-4-5-15(9-16)19(20,21)22/h4-9,11-12H,3,10H2,1-2H3,(H,23,27). The number of nitrogens with one attached hydrogen (secondary N) is 1. The van der Waals surface area contributed by atoms with Crippen LogP contribution in [0.15, 0.2) is 60.3 Å². The summed E-state index contributed by atoms with van der Waals surface area (Å²) in [6.07, 6.45) is 2.08. The van der Waals surface area contributed by atoms with Gasteiger partial charge in [-0.05, 0) is 44.2 Å². The molecule has 9 heteroatoms. The molecule has 0 radical (unpaired) electrons. The van der Waals surface area contributed by atoms with Gasteiger partial charge in [0, 0.05) is 24.8 Å². The zero-order chi connectivity index (χ0) is 20.3. The summed E-state index contributed by atoms with van der Waals surface area (Å²) >= 11 is 0. The Kier molecular flexibility index (Phi) is 5.43. The molecule has 0 atom stereocenters. The molecule has 2 aromatic rings. The number of hydrogen-bond donors (Lipinski definition) is 1. The third kappa shape index (κ3) is 4.36. The van der Waals surface area contributed by atoms with Crippen molar-refractivity contribution in [3.8, 4) is 0 Å². The van der Waals surface area contributed by atoms with Crippen LogP contribution in [0.25, 0.3) is 0 Å². The Labute approximate surface area is 159 Å². The minimum Gasteiger partial charge on any atom is -0.369 e. The lowest BCUT2D eigenvalue weighted by molar-refractivity contribution is -0.137. The number of anilines is 1. The molecule has 3 rings (SSSR count). The monoisotopic (exact) mass is 392 g/mol. The second kappa shape index (κ2) is 7.79. The van der Waals surface area contributed by atoms with Crippen LogP contribution in [0.1, 0.15) is 25.0 Å². The highest BCUT2D eigenvalue weighted by Gasteiger charge is 2.31. The molecule has 6 nitrogen and oxygen atoms in total. The molecule has 1 amide bonds. The van der Waals surface area contributed by atoms with Crippen LogP contribution in [-0.4, -0.2) is 15.7 Å². The Bertz CT molecular complexity index is 931. The lowest BCUT2D eigenvalue weighted by Crippen LogP contribution is -2.32. The second-order valence-corrected chi connectivity index (χ2v) is 6.16. The van der Waals surface area contributed by atoms with Gasteiger partial charge in [0.2, 0.25) is 5.76 Å². The smallest absolute Gasteiger partial charge is 0.369 e. The van der Waals surface area contributed by atoms with Gasteiger partial charge in [-0.15, -0.1) is 0 Å². The molecule has 0 aliphatic carbocycles. The van der Waals surface area contributed by atoms with Gasteiger partial charge in [-0.3, -0.25) is 9.48 Å². The van der Waals surface area contributed by atoms with Crippen molar-refractivity contribution < 1.29 is 22.8 Å². The average Bonchev–Trinajstić information content (AvgIpc) is 3.14. The van der Waals surface area contributed by atoms with Crippen molar-refractivity contribution in [1.82, 2.24) is 15.1 Å². The highest BCUT2D eigenvalue weighted by Crippen LogP contribution is 2.33. The number of carbonyl (C=O) groups excluding carboxylic acids is 1. The second-order valence-electron chi connectivity index (χ2n) is 6.16. The number of amides is 1. The summed E-state index contributed by atoms with van der Waals surface area (Å²) in [4.78, 5) is 17.9. The van der Waals surface area contributed by atoms with E-state index >= 15 is 0 Å². The van der Waals surface area contributed by atoms with Crippen molar-refractivity contribution in [2.45, 2.75) is 33.1 Å². The van der Waals surface area contributed by atoms with Crippen LogP contribution in [0.2, 0.25) is 0 Å². The van der Waals surface area contributed by atoms with Gasteiger partial charge in [0.15, 0.2) is 0 Å². The van der Waals surface area contributed by atoms with Crippen molar-refractivity contribution in [3.63, 3.8) is 0 Å². The molecule has 1 aliphatic rings. The predicted molar refractivity (Wildman–Crippen MR) is 96.6 cm³/mol. The Morgan fingerprint density at radius 1 is 1.29 bits per heavy atom. The quantitative estimate of drug-likeness (QED) is 0.842. The molecule has 1 N–H and O–H groups in total. The van der Waals surface area contributed by atoms with E-state index in [0.717, 1.165) is 24.2 Å². The summed E-state index contributed by atoms with van der Waals surface area (Å²) in [5.74, 6) is -0.504. The molecule has 148 valence electrons. The zero-order valence-corrected chi connectivity index (χ0v) is 15.3. The number of halogens is 3. The summed E-state index contributed by atoms with van der Waals surface area (Å²) < 4.78 is 40.6. The Balaban J connectivity index is 1.70. The number of rotatable bonds is 5. The van der Waals surface area contributed by atoms with E-state index in [1.165, 1.54) is 23.3 Å². The van der Waals surface area contributed by atoms with E-state index in [1.807, 2.05) is 13.1 Å². The number of aryl methyl sites for hydroxylation is 1. The SMILES string of the molecule is CCn1cc(CNC(=O)C2=CC=C(C)N(c3cccc(C(F)(F)F)c3)O2)cn1. The van der Waals surface area contributed by atoms with Crippen LogP contribution in [-0.2, 0) is 28.9 Å². The van der Waals surface area contributed by atoms with Gasteiger partial charge < -0.3 is 10.2 Å². The molecule has 0 unspecified atom stereocenters. The number of benzene rings is 1. The lowest BCUT2D eigenvalue weighted by atomic mass is 10.2. The first-order valence-electron chi connectivity index (χ1n) is 8.61. The van der Waals surface area contributed by atoms with Crippen LogP contribution >= 0.6 is 0 Å². The number of hydroxylamine groups is 1. The summed E-state index contributed by atoms with van der Waals surface area (Å²) in [6.45, 7) is 4.60. The number of aromatic nitrogens is 2. The van der Waals surface area contributed by atoms with Crippen molar-refractivity contribution >= 4 is 11.6 Å². The average molecular weight is 392 g/mol. The molecule has 2 heterocycles. The fraction of sp³-hybridized carbons (Fsp3) is 0.263. The molecule has 0 fully saturated rings. The summed E-state index contributed by atoms with van der Waals surface area (Å²) in [7, 11) is 0. The van der Waals surface area contributed by atoms with Crippen LogP contribution in [0.4, 0.5) is 18.9 Å². The number of hydrogen-bond acceptors (Lipinski definition) is 4. The van der Waals surface area contributed by atoms with Crippen LogP contribution in [0.5, 0.6) is 0 Å².